The molecule has 1 aromatic heterocycles. The second kappa shape index (κ2) is 8.27. The third-order valence-electron chi connectivity index (χ3n) is 3.69. The molecule has 5 nitrogen and oxygen atoms in total. The summed E-state index contributed by atoms with van der Waals surface area (Å²) in [6, 6.07) is 0.319. The van der Waals surface area contributed by atoms with Gasteiger partial charge in [0.25, 0.3) is 0 Å². The highest BCUT2D eigenvalue weighted by Gasteiger charge is 2.17. The Morgan fingerprint density at radius 2 is 2.00 bits per heavy atom. The molecule has 1 atom stereocenters. The van der Waals surface area contributed by atoms with Gasteiger partial charge in [0.2, 0.25) is 5.88 Å². The van der Waals surface area contributed by atoms with Gasteiger partial charge in [-0.1, -0.05) is 6.92 Å². The van der Waals surface area contributed by atoms with Gasteiger partial charge in [-0.15, -0.1) is 5.10 Å². The highest BCUT2D eigenvalue weighted by atomic mass is 16.5. The summed E-state index contributed by atoms with van der Waals surface area (Å²) < 4.78 is 12.8. The first-order chi connectivity index (χ1) is 9.54. The molecule has 0 fully saturated rings. The van der Waals surface area contributed by atoms with Crippen molar-refractivity contribution in [2.24, 2.45) is 0 Å². The Labute approximate surface area is 122 Å². The maximum Gasteiger partial charge on any atom is 0.235 e. The number of hydrogen-bond donors (Lipinski definition) is 0. The molecular formula is C15H29N3O2. The number of rotatable bonds is 9. The summed E-state index contributed by atoms with van der Waals surface area (Å²) in [5.74, 6) is 0.761. The number of nitrogens with zero attached hydrogens (tertiary/aromatic N) is 3. The van der Waals surface area contributed by atoms with Crippen LogP contribution in [0.1, 0.15) is 38.1 Å². The second-order valence-electron chi connectivity index (χ2n) is 5.13. The van der Waals surface area contributed by atoms with E-state index in [1.807, 2.05) is 6.92 Å². The van der Waals surface area contributed by atoms with Crippen molar-refractivity contribution in [2.45, 2.75) is 40.7 Å². The smallest absolute Gasteiger partial charge is 0.235 e. The lowest BCUT2D eigenvalue weighted by molar-refractivity contribution is 0.140. The van der Waals surface area contributed by atoms with E-state index in [1.54, 1.807) is 7.11 Å². The Kier molecular flexibility index (Phi) is 7.02. The van der Waals surface area contributed by atoms with E-state index in [4.69, 9.17) is 9.47 Å². The van der Waals surface area contributed by atoms with Crippen LogP contribution < -0.4 is 4.74 Å². The molecule has 0 aromatic carbocycles. The van der Waals surface area contributed by atoms with Crippen LogP contribution in [-0.4, -0.2) is 54.6 Å². The van der Waals surface area contributed by atoms with Gasteiger partial charge in [-0.2, -0.15) is 0 Å². The normalized spacial score (nSPS) is 12.9. The maximum atomic E-state index is 5.58. The third kappa shape index (κ3) is 4.21. The molecule has 5 heteroatoms. The molecule has 0 spiro atoms. The average Bonchev–Trinajstić information content (AvgIpc) is 2.72. The lowest BCUT2D eigenvalue weighted by Gasteiger charge is -2.24. The van der Waals surface area contributed by atoms with Crippen molar-refractivity contribution in [3.63, 3.8) is 0 Å². The van der Waals surface area contributed by atoms with Gasteiger partial charge in [-0.05, 0) is 34.2 Å². The number of aromatic nitrogens is 2. The zero-order valence-corrected chi connectivity index (χ0v) is 13.8. The van der Waals surface area contributed by atoms with Crippen LogP contribution in [0.4, 0.5) is 0 Å². The molecular weight excluding hydrogens is 254 g/mol. The quantitative estimate of drug-likeness (QED) is 0.698. The van der Waals surface area contributed by atoms with Crippen molar-refractivity contribution < 1.29 is 9.47 Å². The molecule has 0 saturated carbocycles. The minimum absolute atomic E-state index is 0.319. The first-order valence-electron chi connectivity index (χ1n) is 7.44. The van der Waals surface area contributed by atoms with Crippen molar-refractivity contribution >= 4 is 0 Å². The number of likely N-dealkylation sites (N-methyl/N-ethyl adjacent to an activating group) is 1. The van der Waals surface area contributed by atoms with E-state index in [2.05, 4.69) is 42.4 Å². The van der Waals surface area contributed by atoms with E-state index < -0.39 is 0 Å². The first-order valence-corrected chi connectivity index (χ1v) is 7.44. The zero-order chi connectivity index (χ0) is 15.1. The fourth-order valence-electron chi connectivity index (χ4n) is 2.33. The van der Waals surface area contributed by atoms with Gasteiger partial charge >= 0.3 is 0 Å². The van der Waals surface area contributed by atoms with Crippen LogP contribution in [0.15, 0.2) is 0 Å². The van der Waals surface area contributed by atoms with Crippen LogP contribution in [0.3, 0.4) is 0 Å². The van der Waals surface area contributed by atoms with Crippen LogP contribution in [0.25, 0.3) is 0 Å². The molecule has 1 heterocycles. The maximum absolute atomic E-state index is 5.58. The van der Waals surface area contributed by atoms with Crippen molar-refractivity contribution in [3.05, 3.63) is 11.3 Å². The molecule has 0 aliphatic carbocycles. The van der Waals surface area contributed by atoms with E-state index in [0.29, 0.717) is 12.6 Å². The molecule has 0 radical (unpaired) electrons. The highest BCUT2D eigenvalue weighted by Crippen LogP contribution is 2.23. The van der Waals surface area contributed by atoms with Gasteiger partial charge in [0.1, 0.15) is 0 Å². The molecule has 0 unspecified atom stereocenters. The predicted octanol–water partition coefficient (Wildman–Crippen LogP) is 2.43. The SMILES string of the molecule is CCOc1nn([C@@H](C)CN(CC)CCOC)c(C)c1C. The minimum Gasteiger partial charge on any atom is -0.477 e. The third-order valence-corrected chi connectivity index (χ3v) is 3.69. The Balaban J connectivity index is 2.75. The Hall–Kier alpha value is -1.07. The standard InChI is InChI=1S/C15H29N3O2/c1-7-17(9-10-19-6)11-12(3)18-14(5)13(4)15(16-18)20-8-2/h12H,7-11H2,1-6H3/t12-/m0/s1. The summed E-state index contributed by atoms with van der Waals surface area (Å²) in [5.41, 5.74) is 2.32. The van der Waals surface area contributed by atoms with Gasteiger partial charge in [0.15, 0.2) is 0 Å². The predicted molar refractivity (Wildman–Crippen MR) is 81.6 cm³/mol. The van der Waals surface area contributed by atoms with Crippen LogP contribution in [-0.2, 0) is 4.74 Å². The van der Waals surface area contributed by atoms with Crippen molar-refractivity contribution in [1.82, 2.24) is 14.7 Å². The second-order valence-corrected chi connectivity index (χ2v) is 5.13. The molecule has 116 valence electrons. The van der Waals surface area contributed by atoms with E-state index in [1.165, 1.54) is 5.69 Å². The highest BCUT2D eigenvalue weighted by molar-refractivity contribution is 5.29. The van der Waals surface area contributed by atoms with Gasteiger partial charge in [0, 0.05) is 31.5 Å². The van der Waals surface area contributed by atoms with E-state index in [9.17, 15) is 0 Å². The fraction of sp³-hybridized carbons (Fsp3) is 0.800. The van der Waals surface area contributed by atoms with Gasteiger partial charge < -0.3 is 9.47 Å². The zero-order valence-electron chi connectivity index (χ0n) is 13.8. The Bertz CT molecular complexity index is 404. The summed E-state index contributed by atoms with van der Waals surface area (Å²) in [6.45, 7) is 14.9. The topological polar surface area (TPSA) is 39.5 Å². The van der Waals surface area contributed by atoms with Crippen LogP contribution in [0.2, 0.25) is 0 Å². The molecule has 0 bridgehead atoms. The Morgan fingerprint density at radius 1 is 1.30 bits per heavy atom. The average molecular weight is 283 g/mol. The van der Waals surface area contributed by atoms with E-state index in [0.717, 1.165) is 37.7 Å². The summed E-state index contributed by atoms with van der Waals surface area (Å²) in [6.07, 6.45) is 0. The van der Waals surface area contributed by atoms with Gasteiger partial charge in [-0.25, -0.2) is 0 Å². The first kappa shape index (κ1) is 17.0. The van der Waals surface area contributed by atoms with Gasteiger partial charge in [-0.3, -0.25) is 9.58 Å². The molecule has 1 aromatic rings. The van der Waals surface area contributed by atoms with E-state index in [-0.39, 0.29) is 0 Å². The number of hydrogen-bond acceptors (Lipinski definition) is 4. The van der Waals surface area contributed by atoms with Crippen molar-refractivity contribution in [1.29, 1.82) is 0 Å². The lowest BCUT2D eigenvalue weighted by atomic mass is 10.2. The largest absolute Gasteiger partial charge is 0.477 e. The fourth-order valence-corrected chi connectivity index (χ4v) is 2.33. The van der Waals surface area contributed by atoms with Crippen LogP contribution in [0.5, 0.6) is 5.88 Å². The molecule has 20 heavy (non-hydrogen) atoms. The van der Waals surface area contributed by atoms with Gasteiger partial charge in [0.05, 0.1) is 19.3 Å². The van der Waals surface area contributed by atoms with Crippen LogP contribution >= 0.6 is 0 Å². The number of ether oxygens (including phenoxy) is 2. The summed E-state index contributed by atoms with van der Waals surface area (Å²) >= 11 is 0. The summed E-state index contributed by atoms with van der Waals surface area (Å²) in [5, 5.41) is 4.60. The van der Waals surface area contributed by atoms with E-state index >= 15 is 0 Å². The molecule has 0 amide bonds. The van der Waals surface area contributed by atoms with Crippen LogP contribution in [0, 0.1) is 13.8 Å². The minimum atomic E-state index is 0.319. The molecule has 0 saturated heterocycles. The monoisotopic (exact) mass is 283 g/mol. The summed E-state index contributed by atoms with van der Waals surface area (Å²) in [7, 11) is 1.74. The molecule has 1 rings (SSSR count). The molecule has 0 aliphatic heterocycles. The Morgan fingerprint density at radius 3 is 2.55 bits per heavy atom. The molecule has 0 aliphatic rings. The lowest BCUT2D eigenvalue weighted by Crippen LogP contribution is -2.33. The molecule has 0 N–H and O–H groups in total. The van der Waals surface area contributed by atoms with Crippen molar-refractivity contribution in [3.8, 4) is 5.88 Å². The number of methoxy groups -OCH3 is 1. The van der Waals surface area contributed by atoms with Crippen molar-refractivity contribution in [2.75, 3.05) is 40.0 Å². The summed E-state index contributed by atoms with van der Waals surface area (Å²) in [4.78, 5) is 2.38.